The lowest BCUT2D eigenvalue weighted by Crippen LogP contribution is -2.15. The van der Waals surface area contributed by atoms with Crippen molar-refractivity contribution >= 4 is 17.5 Å². The van der Waals surface area contributed by atoms with E-state index in [0.29, 0.717) is 5.78 Å². The number of allylic oxidation sites excluding steroid dienone is 2. The number of carbonyl (C=O) groups excluding carboxylic acids is 1. The van der Waals surface area contributed by atoms with Crippen LogP contribution in [0.5, 0.6) is 0 Å². The monoisotopic (exact) mass is 262 g/mol. The van der Waals surface area contributed by atoms with Crippen LogP contribution in [-0.4, -0.2) is 5.78 Å². The molecule has 0 aliphatic rings. The van der Waals surface area contributed by atoms with Gasteiger partial charge in [-0.25, -0.2) is 0 Å². The van der Waals surface area contributed by atoms with Crippen molar-refractivity contribution in [2.24, 2.45) is 5.92 Å². The topological polar surface area (TPSA) is 17.1 Å². The smallest absolute Gasteiger partial charge is 0.153 e. The summed E-state index contributed by atoms with van der Waals surface area (Å²) in [4.78, 5) is 13.6. The highest BCUT2D eigenvalue weighted by Crippen LogP contribution is 2.36. The summed E-state index contributed by atoms with van der Waals surface area (Å²) in [6.45, 7) is 8.14. The van der Waals surface area contributed by atoms with Crippen LogP contribution in [-0.2, 0) is 4.79 Å². The maximum atomic E-state index is 12.3. The van der Waals surface area contributed by atoms with Gasteiger partial charge in [-0.05, 0) is 23.8 Å². The van der Waals surface area contributed by atoms with Crippen LogP contribution in [0.15, 0.2) is 41.3 Å². The lowest BCUT2D eigenvalue weighted by molar-refractivity contribution is -0.121. The predicted octanol–water partition coefficient (Wildman–Crippen LogP) is 5.00. The fourth-order valence-electron chi connectivity index (χ4n) is 1.74. The van der Waals surface area contributed by atoms with E-state index in [1.165, 1.54) is 4.91 Å². The molecule has 0 amide bonds. The van der Waals surface area contributed by atoms with Crippen molar-refractivity contribution in [1.82, 2.24) is 0 Å². The van der Waals surface area contributed by atoms with Gasteiger partial charge in [0.15, 0.2) is 5.78 Å². The molecular weight excluding hydrogens is 240 g/mol. The van der Waals surface area contributed by atoms with Gasteiger partial charge in [-0.3, -0.25) is 4.79 Å². The zero-order valence-corrected chi connectivity index (χ0v) is 12.5. The van der Waals surface area contributed by atoms with Gasteiger partial charge >= 0.3 is 0 Å². The van der Waals surface area contributed by atoms with Gasteiger partial charge in [-0.15, -0.1) is 11.8 Å². The third-order valence-electron chi connectivity index (χ3n) is 2.73. The van der Waals surface area contributed by atoms with Crippen LogP contribution in [0.2, 0.25) is 0 Å². The van der Waals surface area contributed by atoms with E-state index >= 15 is 0 Å². The molecule has 0 saturated heterocycles. The highest BCUT2D eigenvalue weighted by atomic mass is 32.2. The summed E-state index contributed by atoms with van der Waals surface area (Å²) >= 11 is 1.67. The van der Waals surface area contributed by atoms with Crippen molar-refractivity contribution in [3.8, 4) is 0 Å². The van der Waals surface area contributed by atoms with Crippen molar-refractivity contribution in [3.05, 3.63) is 46.9 Å². The van der Waals surface area contributed by atoms with Crippen molar-refractivity contribution < 1.29 is 4.79 Å². The van der Waals surface area contributed by atoms with Crippen LogP contribution >= 0.6 is 11.8 Å². The minimum atomic E-state index is -0.0750. The number of carbonyl (C=O) groups is 1. The summed E-state index contributed by atoms with van der Waals surface area (Å²) in [6.07, 6.45) is 3.18. The first kappa shape index (κ1) is 15.0. The molecule has 0 radical (unpaired) electrons. The number of ketones is 1. The SMILES string of the molecule is CC/C=C(\C)SC(C(=O)C(C)C)c1ccccc1. The Kier molecular flexibility index (Phi) is 6.20. The fourth-order valence-corrected chi connectivity index (χ4v) is 3.06. The number of thioether (sulfide) groups is 1. The van der Waals surface area contributed by atoms with E-state index < -0.39 is 0 Å². The zero-order chi connectivity index (χ0) is 13.5. The summed E-state index contributed by atoms with van der Waals surface area (Å²) in [5, 5.41) is -0.0750. The third kappa shape index (κ3) is 4.34. The molecule has 0 aromatic heterocycles. The molecule has 0 fully saturated rings. The Morgan fingerprint density at radius 2 is 1.89 bits per heavy atom. The molecule has 2 heteroatoms. The molecule has 1 nitrogen and oxygen atoms in total. The van der Waals surface area contributed by atoms with E-state index in [1.54, 1.807) is 11.8 Å². The molecule has 1 atom stereocenters. The Morgan fingerprint density at radius 1 is 1.28 bits per heavy atom. The maximum Gasteiger partial charge on any atom is 0.153 e. The van der Waals surface area contributed by atoms with Crippen LogP contribution in [0.1, 0.15) is 44.9 Å². The molecular formula is C16H22OS. The van der Waals surface area contributed by atoms with E-state index in [2.05, 4.69) is 19.9 Å². The highest BCUT2D eigenvalue weighted by molar-refractivity contribution is 8.03. The van der Waals surface area contributed by atoms with Gasteiger partial charge in [0.2, 0.25) is 0 Å². The Hall–Kier alpha value is -1.02. The minimum absolute atomic E-state index is 0.0668. The average molecular weight is 262 g/mol. The van der Waals surface area contributed by atoms with Crippen LogP contribution in [0.3, 0.4) is 0 Å². The van der Waals surface area contributed by atoms with Crippen molar-refractivity contribution in [3.63, 3.8) is 0 Å². The van der Waals surface area contributed by atoms with E-state index in [1.807, 2.05) is 44.2 Å². The Labute approximate surface area is 115 Å². The van der Waals surface area contributed by atoms with Crippen LogP contribution in [0.4, 0.5) is 0 Å². The molecule has 0 spiro atoms. The van der Waals surface area contributed by atoms with Gasteiger partial charge in [0, 0.05) is 5.92 Å². The van der Waals surface area contributed by atoms with Crippen LogP contribution in [0, 0.1) is 5.92 Å². The quantitative estimate of drug-likeness (QED) is 0.717. The van der Waals surface area contributed by atoms with Gasteiger partial charge in [0.25, 0.3) is 0 Å². The Balaban J connectivity index is 2.96. The van der Waals surface area contributed by atoms with Gasteiger partial charge in [-0.1, -0.05) is 57.2 Å². The number of benzene rings is 1. The number of Topliss-reactive ketones (excluding diaryl/α,β-unsaturated/α-hetero) is 1. The lowest BCUT2D eigenvalue weighted by Gasteiger charge is -2.18. The standard InChI is InChI=1S/C16H22OS/c1-5-9-13(4)18-16(15(17)12(2)3)14-10-7-6-8-11-14/h6-12,16H,5H2,1-4H3/b13-9+. The van der Waals surface area contributed by atoms with Crippen LogP contribution < -0.4 is 0 Å². The number of hydrogen-bond acceptors (Lipinski definition) is 2. The molecule has 0 aliphatic carbocycles. The second-order valence-corrected chi connectivity index (χ2v) is 6.04. The lowest BCUT2D eigenvalue weighted by atomic mass is 10.0. The number of rotatable bonds is 6. The first-order chi connectivity index (χ1) is 8.56. The minimum Gasteiger partial charge on any atom is -0.298 e. The average Bonchev–Trinajstić information content (AvgIpc) is 2.36. The van der Waals surface area contributed by atoms with E-state index in [-0.39, 0.29) is 11.2 Å². The molecule has 0 N–H and O–H groups in total. The molecule has 0 aliphatic heterocycles. The summed E-state index contributed by atoms with van der Waals surface area (Å²) < 4.78 is 0. The summed E-state index contributed by atoms with van der Waals surface area (Å²) in [7, 11) is 0. The zero-order valence-electron chi connectivity index (χ0n) is 11.6. The Morgan fingerprint density at radius 3 is 2.39 bits per heavy atom. The number of hydrogen-bond donors (Lipinski definition) is 0. The first-order valence-electron chi connectivity index (χ1n) is 6.48. The normalized spacial score (nSPS) is 13.7. The van der Waals surface area contributed by atoms with Crippen LogP contribution in [0.25, 0.3) is 0 Å². The largest absolute Gasteiger partial charge is 0.298 e. The maximum absolute atomic E-state index is 12.3. The van der Waals surface area contributed by atoms with Gasteiger partial charge in [0.05, 0.1) is 5.25 Å². The van der Waals surface area contributed by atoms with E-state index in [4.69, 9.17) is 0 Å². The molecule has 0 heterocycles. The summed E-state index contributed by atoms with van der Waals surface area (Å²) in [5.74, 6) is 0.368. The molecule has 1 aromatic rings. The van der Waals surface area contributed by atoms with E-state index in [0.717, 1.165) is 12.0 Å². The molecule has 1 aromatic carbocycles. The Bertz CT molecular complexity index is 406. The molecule has 0 bridgehead atoms. The molecule has 1 rings (SSSR count). The molecule has 18 heavy (non-hydrogen) atoms. The van der Waals surface area contributed by atoms with Crippen molar-refractivity contribution in [2.45, 2.75) is 39.4 Å². The second kappa shape index (κ2) is 7.42. The van der Waals surface area contributed by atoms with Gasteiger partial charge in [0.1, 0.15) is 0 Å². The van der Waals surface area contributed by atoms with E-state index in [9.17, 15) is 4.79 Å². The first-order valence-corrected chi connectivity index (χ1v) is 7.36. The molecule has 98 valence electrons. The molecule has 1 unspecified atom stereocenters. The predicted molar refractivity (Wildman–Crippen MR) is 80.7 cm³/mol. The van der Waals surface area contributed by atoms with Gasteiger partial charge < -0.3 is 0 Å². The van der Waals surface area contributed by atoms with Gasteiger partial charge in [-0.2, -0.15) is 0 Å². The molecule has 0 saturated carbocycles. The third-order valence-corrected chi connectivity index (χ3v) is 4.00. The van der Waals surface area contributed by atoms with Crippen molar-refractivity contribution in [2.75, 3.05) is 0 Å². The van der Waals surface area contributed by atoms with Crippen molar-refractivity contribution in [1.29, 1.82) is 0 Å². The summed E-state index contributed by atoms with van der Waals surface area (Å²) in [5.41, 5.74) is 1.10. The second-order valence-electron chi connectivity index (χ2n) is 4.69. The highest BCUT2D eigenvalue weighted by Gasteiger charge is 2.23. The summed E-state index contributed by atoms with van der Waals surface area (Å²) in [6, 6.07) is 10.1. The fraction of sp³-hybridized carbons (Fsp3) is 0.438.